The predicted octanol–water partition coefficient (Wildman–Crippen LogP) is 4.42. The third-order valence-corrected chi connectivity index (χ3v) is 3.45. The van der Waals surface area contributed by atoms with E-state index in [1.807, 2.05) is 6.08 Å². The average Bonchev–Trinajstić information content (AvgIpc) is 3.11. The number of hydrogen-bond donors (Lipinski definition) is 0. The second-order valence-electron chi connectivity index (χ2n) is 4.61. The third kappa shape index (κ3) is 2.14. The van der Waals surface area contributed by atoms with Crippen LogP contribution in [0, 0.1) is 0 Å². The number of aryl methyl sites for hydroxylation is 1. The molecule has 0 bridgehead atoms. The van der Waals surface area contributed by atoms with Crippen molar-refractivity contribution in [3.05, 3.63) is 47.5 Å². The van der Waals surface area contributed by atoms with Crippen LogP contribution in [0.25, 0.3) is 0 Å². The lowest BCUT2D eigenvalue weighted by Gasteiger charge is -2.12. The molecule has 1 aromatic rings. The Bertz CT molecular complexity index is 358. The maximum Gasteiger partial charge on any atom is -0.00130 e. The molecule has 15 heavy (non-hydrogen) atoms. The van der Waals surface area contributed by atoms with E-state index in [-0.39, 0.29) is 0 Å². The number of benzene rings is 1. The van der Waals surface area contributed by atoms with E-state index in [2.05, 4.69) is 38.6 Å². The minimum absolute atomic E-state index is 0.480. The lowest BCUT2D eigenvalue weighted by atomic mass is 9.93. The van der Waals surface area contributed by atoms with Gasteiger partial charge in [-0.3, -0.25) is 0 Å². The molecule has 1 fully saturated rings. The summed E-state index contributed by atoms with van der Waals surface area (Å²) in [5.74, 6) is 1.34. The fraction of sp³-hybridized carbons (Fsp3) is 0.467. The van der Waals surface area contributed by atoms with Crippen LogP contribution in [0.4, 0.5) is 0 Å². The molecule has 0 saturated heterocycles. The van der Waals surface area contributed by atoms with Crippen LogP contribution in [0.3, 0.4) is 0 Å². The smallest absolute Gasteiger partial charge is 0.00130 e. The minimum Gasteiger partial charge on any atom is -0.102 e. The van der Waals surface area contributed by atoms with Gasteiger partial charge in [0.25, 0.3) is 0 Å². The summed E-state index contributed by atoms with van der Waals surface area (Å²) in [4.78, 5) is 0. The molecule has 0 aliphatic heterocycles. The Morgan fingerprint density at radius 3 is 2.73 bits per heavy atom. The first-order valence-corrected chi connectivity index (χ1v) is 6.01. The molecule has 0 radical (unpaired) electrons. The van der Waals surface area contributed by atoms with Gasteiger partial charge >= 0.3 is 0 Å². The first-order valence-electron chi connectivity index (χ1n) is 6.01. The summed E-state index contributed by atoms with van der Waals surface area (Å²) in [6.07, 6.45) is 5.96. The Balaban J connectivity index is 2.35. The maximum atomic E-state index is 3.87. The molecular weight excluding hydrogens is 180 g/mol. The van der Waals surface area contributed by atoms with Gasteiger partial charge in [-0.05, 0) is 47.8 Å². The molecule has 0 N–H and O–H groups in total. The van der Waals surface area contributed by atoms with Crippen LogP contribution in [0.15, 0.2) is 30.9 Å². The van der Waals surface area contributed by atoms with Gasteiger partial charge in [-0.25, -0.2) is 0 Å². The molecule has 2 rings (SSSR count). The van der Waals surface area contributed by atoms with Crippen molar-refractivity contribution in [3.8, 4) is 0 Å². The van der Waals surface area contributed by atoms with Crippen molar-refractivity contribution in [1.82, 2.24) is 0 Å². The van der Waals surface area contributed by atoms with Crippen molar-refractivity contribution >= 4 is 0 Å². The van der Waals surface area contributed by atoms with Gasteiger partial charge in [0, 0.05) is 0 Å². The zero-order valence-electron chi connectivity index (χ0n) is 9.79. The summed E-state index contributed by atoms with van der Waals surface area (Å²) in [6, 6.07) is 6.98. The highest BCUT2D eigenvalue weighted by Crippen LogP contribution is 2.42. The summed E-state index contributed by atoms with van der Waals surface area (Å²) >= 11 is 0. The van der Waals surface area contributed by atoms with Gasteiger partial charge in [0.05, 0.1) is 0 Å². The van der Waals surface area contributed by atoms with E-state index in [9.17, 15) is 0 Å². The van der Waals surface area contributed by atoms with E-state index in [1.165, 1.54) is 24.0 Å². The van der Waals surface area contributed by atoms with Crippen molar-refractivity contribution in [2.75, 3.05) is 0 Å². The average molecular weight is 200 g/mol. The number of hydrogen-bond acceptors (Lipinski definition) is 0. The Morgan fingerprint density at radius 1 is 1.47 bits per heavy atom. The molecular formula is C15H20. The fourth-order valence-electron chi connectivity index (χ4n) is 2.13. The lowest BCUT2D eigenvalue weighted by Crippen LogP contribution is -1.95. The normalized spacial score (nSPS) is 17.5. The molecule has 0 amide bonds. The predicted molar refractivity (Wildman–Crippen MR) is 66.4 cm³/mol. The van der Waals surface area contributed by atoms with Crippen LogP contribution in [0.2, 0.25) is 0 Å². The Hall–Kier alpha value is -1.04. The summed E-state index contributed by atoms with van der Waals surface area (Å²) in [5.41, 5.74) is 4.56. The van der Waals surface area contributed by atoms with Crippen LogP contribution in [0.5, 0.6) is 0 Å². The quantitative estimate of drug-likeness (QED) is 0.631. The van der Waals surface area contributed by atoms with Gasteiger partial charge in [0.15, 0.2) is 0 Å². The fourth-order valence-corrected chi connectivity index (χ4v) is 2.13. The van der Waals surface area contributed by atoms with E-state index in [0.29, 0.717) is 5.92 Å². The van der Waals surface area contributed by atoms with Crippen molar-refractivity contribution in [1.29, 1.82) is 0 Å². The Morgan fingerprint density at radius 2 is 2.20 bits per heavy atom. The molecule has 0 aromatic heterocycles. The van der Waals surface area contributed by atoms with Crippen LogP contribution in [-0.4, -0.2) is 0 Å². The van der Waals surface area contributed by atoms with E-state index >= 15 is 0 Å². The number of rotatable bonds is 4. The van der Waals surface area contributed by atoms with Crippen LogP contribution < -0.4 is 0 Å². The van der Waals surface area contributed by atoms with Crippen LogP contribution in [-0.2, 0) is 6.42 Å². The SMILES string of the molecule is C=CC(C)c1ccc(CC)c(C2CC2)c1. The van der Waals surface area contributed by atoms with E-state index < -0.39 is 0 Å². The molecule has 1 aliphatic rings. The van der Waals surface area contributed by atoms with Crippen LogP contribution in [0.1, 0.15) is 55.2 Å². The van der Waals surface area contributed by atoms with Gasteiger partial charge in [-0.15, -0.1) is 6.58 Å². The Kier molecular flexibility index (Phi) is 2.95. The van der Waals surface area contributed by atoms with Gasteiger partial charge in [0.1, 0.15) is 0 Å². The molecule has 0 heteroatoms. The lowest BCUT2D eigenvalue weighted by molar-refractivity contribution is 0.944. The van der Waals surface area contributed by atoms with E-state index in [0.717, 1.165) is 12.3 Å². The minimum atomic E-state index is 0.480. The van der Waals surface area contributed by atoms with Gasteiger partial charge in [0.2, 0.25) is 0 Å². The molecule has 1 saturated carbocycles. The summed E-state index contributed by atoms with van der Waals surface area (Å²) in [6.45, 7) is 8.33. The molecule has 1 aliphatic carbocycles. The zero-order chi connectivity index (χ0) is 10.8. The zero-order valence-corrected chi connectivity index (χ0v) is 9.79. The second kappa shape index (κ2) is 4.22. The van der Waals surface area contributed by atoms with E-state index in [1.54, 1.807) is 5.56 Å². The molecule has 1 aromatic carbocycles. The molecule has 0 nitrogen and oxygen atoms in total. The van der Waals surface area contributed by atoms with E-state index in [4.69, 9.17) is 0 Å². The highest BCUT2D eigenvalue weighted by atomic mass is 14.3. The summed E-state index contributed by atoms with van der Waals surface area (Å²) < 4.78 is 0. The van der Waals surface area contributed by atoms with Gasteiger partial charge < -0.3 is 0 Å². The third-order valence-electron chi connectivity index (χ3n) is 3.45. The van der Waals surface area contributed by atoms with Crippen molar-refractivity contribution in [2.24, 2.45) is 0 Å². The highest BCUT2D eigenvalue weighted by molar-refractivity contribution is 5.39. The van der Waals surface area contributed by atoms with Gasteiger partial charge in [-0.1, -0.05) is 38.1 Å². The van der Waals surface area contributed by atoms with Crippen molar-refractivity contribution in [3.63, 3.8) is 0 Å². The van der Waals surface area contributed by atoms with Crippen molar-refractivity contribution in [2.45, 2.75) is 44.9 Å². The van der Waals surface area contributed by atoms with Gasteiger partial charge in [-0.2, -0.15) is 0 Å². The molecule has 1 atom stereocenters. The molecule has 80 valence electrons. The first kappa shape index (κ1) is 10.5. The molecule has 0 heterocycles. The standard InChI is InChI=1S/C15H20/c1-4-11(3)14-9-6-12(5-2)15(10-14)13-7-8-13/h4,6,9-11,13H,1,5,7-8H2,2-3H3. The number of allylic oxidation sites excluding steroid dienone is 1. The second-order valence-corrected chi connectivity index (χ2v) is 4.61. The topological polar surface area (TPSA) is 0 Å². The monoisotopic (exact) mass is 200 g/mol. The maximum absolute atomic E-state index is 3.87. The van der Waals surface area contributed by atoms with Crippen molar-refractivity contribution < 1.29 is 0 Å². The highest BCUT2D eigenvalue weighted by Gasteiger charge is 2.25. The molecule has 0 spiro atoms. The molecule has 1 unspecified atom stereocenters. The first-order chi connectivity index (χ1) is 7.26. The summed E-state index contributed by atoms with van der Waals surface area (Å²) in [7, 11) is 0. The Labute approximate surface area is 93.0 Å². The van der Waals surface area contributed by atoms with Crippen LogP contribution >= 0.6 is 0 Å². The summed E-state index contributed by atoms with van der Waals surface area (Å²) in [5, 5.41) is 0. The largest absolute Gasteiger partial charge is 0.102 e.